The summed E-state index contributed by atoms with van der Waals surface area (Å²) in [5.41, 5.74) is 0. The molecule has 0 fully saturated rings. The molecule has 4 heteroatoms. The van der Waals surface area contributed by atoms with Crippen LogP contribution in [-0.4, -0.2) is 35.5 Å². The molecule has 0 heterocycles. The van der Waals surface area contributed by atoms with Crippen LogP contribution in [-0.2, 0) is 9.53 Å². The van der Waals surface area contributed by atoms with Crippen molar-refractivity contribution in [3.63, 3.8) is 0 Å². The number of carbonyl (C=O) groups excluding carboxylic acids is 1. The van der Waals surface area contributed by atoms with E-state index >= 15 is 0 Å². The Morgan fingerprint density at radius 3 is 2.57 bits per heavy atom. The third kappa shape index (κ3) is 4.39. The number of ether oxygens (including phenoxy) is 1. The van der Waals surface area contributed by atoms with E-state index < -0.39 is 18.0 Å². The molecule has 0 rings (SSSR count). The van der Waals surface area contributed by atoms with Crippen LogP contribution in [0.25, 0.3) is 0 Å². The van der Waals surface area contributed by atoms with Gasteiger partial charge in [-0.25, -0.2) is 0 Å². The van der Waals surface area contributed by atoms with Gasteiger partial charge in [-0.15, -0.1) is 0 Å². The number of hydrogen-bond donors (Lipinski definition) is 2. The van der Waals surface area contributed by atoms with Crippen LogP contribution in [0.1, 0.15) is 20.3 Å². The van der Waals surface area contributed by atoms with Crippen LogP contribution in [0.15, 0.2) is 12.2 Å². The maximum Gasteiger partial charge on any atom is 0.315 e. The van der Waals surface area contributed by atoms with Crippen molar-refractivity contribution in [3.8, 4) is 0 Å². The monoisotopic (exact) mass is 202 g/mol. The molecular weight excluding hydrogens is 184 g/mol. The van der Waals surface area contributed by atoms with Gasteiger partial charge in [-0.05, 0) is 13.3 Å². The number of rotatable bonds is 6. The Hall–Kier alpha value is -0.870. The summed E-state index contributed by atoms with van der Waals surface area (Å²) in [4.78, 5) is 11.3. The van der Waals surface area contributed by atoms with E-state index in [1.807, 2.05) is 0 Å². The fourth-order valence-electron chi connectivity index (χ4n) is 1.06. The molecule has 82 valence electrons. The zero-order valence-corrected chi connectivity index (χ0v) is 8.64. The van der Waals surface area contributed by atoms with Crippen LogP contribution in [0.2, 0.25) is 0 Å². The molecule has 0 amide bonds. The molecular formula is C10H18O4. The molecule has 2 atom stereocenters. The normalized spacial score (nSPS) is 15.4. The minimum absolute atomic E-state index is 0.146. The van der Waals surface area contributed by atoms with Crippen molar-refractivity contribution < 1.29 is 19.7 Å². The summed E-state index contributed by atoms with van der Waals surface area (Å²) in [6, 6.07) is 0. The molecule has 0 spiro atoms. The van der Waals surface area contributed by atoms with Crippen LogP contribution in [0.4, 0.5) is 0 Å². The highest BCUT2D eigenvalue weighted by Crippen LogP contribution is 2.11. The van der Waals surface area contributed by atoms with E-state index in [9.17, 15) is 9.90 Å². The molecule has 0 aromatic carbocycles. The van der Waals surface area contributed by atoms with E-state index in [-0.39, 0.29) is 6.61 Å². The summed E-state index contributed by atoms with van der Waals surface area (Å²) in [6.07, 6.45) is 2.63. The molecule has 0 unspecified atom stereocenters. The molecule has 0 saturated heterocycles. The Labute approximate surface area is 84.2 Å². The van der Waals surface area contributed by atoms with Gasteiger partial charge < -0.3 is 14.9 Å². The first-order chi connectivity index (χ1) is 6.67. The summed E-state index contributed by atoms with van der Waals surface area (Å²) < 4.78 is 4.79. The largest absolute Gasteiger partial charge is 0.465 e. The van der Waals surface area contributed by atoms with Gasteiger partial charge in [-0.3, -0.25) is 4.79 Å². The van der Waals surface area contributed by atoms with Gasteiger partial charge in [0.15, 0.2) is 0 Å². The third-order valence-corrected chi connectivity index (χ3v) is 1.84. The molecule has 4 nitrogen and oxygen atoms in total. The first kappa shape index (κ1) is 13.1. The zero-order valence-electron chi connectivity index (χ0n) is 8.64. The fourth-order valence-corrected chi connectivity index (χ4v) is 1.06. The fraction of sp³-hybridized carbons (Fsp3) is 0.700. The number of carbonyl (C=O) groups is 1. The van der Waals surface area contributed by atoms with E-state index in [0.717, 1.165) is 0 Å². The maximum atomic E-state index is 11.3. The Bertz CT molecular complexity index is 189. The second kappa shape index (κ2) is 7.53. The molecule has 0 aliphatic heterocycles. The van der Waals surface area contributed by atoms with Gasteiger partial charge in [-0.2, -0.15) is 0 Å². The number of aliphatic hydroxyl groups is 2. The summed E-state index contributed by atoms with van der Waals surface area (Å²) in [6.45, 7) is 3.64. The van der Waals surface area contributed by atoms with Crippen molar-refractivity contribution in [2.24, 2.45) is 5.92 Å². The topological polar surface area (TPSA) is 66.8 Å². The van der Waals surface area contributed by atoms with Gasteiger partial charge in [0.25, 0.3) is 0 Å². The van der Waals surface area contributed by atoms with Gasteiger partial charge >= 0.3 is 5.97 Å². The summed E-state index contributed by atoms with van der Waals surface area (Å²) in [5.74, 6) is -1.13. The van der Waals surface area contributed by atoms with Gasteiger partial charge in [0, 0.05) is 0 Å². The summed E-state index contributed by atoms with van der Waals surface area (Å²) >= 11 is 0. The van der Waals surface area contributed by atoms with Crippen LogP contribution in [0, 0.1) is 5.92 Å². The number of aliphatic hydroxyl groups excluding tert-OH is 2. The van der Waals surface area contributed by atoms with Crippen LogP contribution in [0.5, 0.6) is 0 Å². The second-order valence-electron chi connectivity index (χ2n) is 2.86. The Balaban J connectivity index is 4.37. The minimum Gasteiger partial charge on any atom is -0.465 e. The Morgan fingerprint density at radius 1 is 1.50 bits per heavy atom. The maximum absolute atomic E-state index is 11.3. The molecule has 0 saturated carbocycles. The van der Waals surface area contributed by atoms with Crippen LogP contribution < -0.4 is 0 Å². The molecule has 0 aliphatic rings. The first-order valence-electron chi connectivity index (χ1n) is 4.79. The molecule has 0 aromatic heterocycles. The van der Waals surface area contributed by atoms with Crippen molar-refractivity contribution >= 4 is 5.97 Å². The first-order valence-corrected chi connectivity index (χ1v) is 4.79. The van der Waals surface area contributed by atoms with Gasteiger partial charge in [0.05, 0.1) is 19.3 Å². The molecule has 0 aromatic rings. The van der Waals surface area contributed by atoms with E-state index in [1.165, 1.54) is 12.2 Å². The highest BCUT2D eigenvalue weighted by Gasteiger charge is 2.23. The lowest BCUT2D eigenvalue weighted by Crippen LogP contribution is -2.28. The average molecular weight is 202 g/mol. The van der Waals surface area contributed by atoms with Crippen LogP contribution >= 0.6 is 0 Å². The lowest BCUT2D eigenvalue weighted by atomic mass is 10.00. The molecule has 0 aliphatic carbocycles. The van der Waals surface area contributed by atoms with E-state index in [1.54, 1.807) is 13.8 Å². The van der Waals surface area contributed by atoms with Crippen molar-refractivity contribution in [2.75, 3.05) is 13.2 Å². The zero-order chi connectivity index (χ0) is 11.0. The van der Waals surface area contributed by atoms with Gasteiger partial charge in [0.2, 0.25) is 0 Å². The summed E-state index contributed by atoms with van der Waals surface area (Å²) in [7, 11) is 0. The number of hydrogen-bond acceptors (Lipinski definition) is 4. The van der Waals surface area contributed by atoms with E-state index in [4.69, 9.17) is 9.84 Å². The van der Waals surface area contributed by atoms with Crippen molar-refractivity contribution in [3.05, 3.63) is 12.2 Å². The predicted molar refractivity (Wildman–Crippen MR) is 52.6 cm³/mol. The quantitative estimate of drug-likeness (QED) is 0.486. The molecule has 2 N–H and O–H groups in total. The summed E-state index contributed by atoms with van der Waals surface area (Å²) in [5, 5.41) is 18.1. The highest BCUT2D eigenvalue weighted by atomic mass is 16.5. The highest BCUT2D eigenvalue weighted by molar-refractivity contribution is 5.75. The SMILES string of the molecule is CCOC(=O)[C@H](/C=C/CO)[C@@H](O)CC. The third-order valence-electron chi connectivity index (χ3n) is 1.84. The Kier molecular flexibility index (Phi) is 7.06. The van der Waals surface area contributed by atoms with Gasteiger partial charge in [-0.1, -0.05) is 19.1 Å². The van der Waals surface area contributed by atoms with Crippen molar-refractivity contribution in [1.82, 2.24) is 0 Å². The lowest BCUT2D eigenvalue weighted by molar-refractivity contribution is -0.149. The van der Waals surface area contributed by atoms with Crippen molar-refractivity contribution in [2.45, 2.75) is 26.4 Å². The lowest BCUT2D eigenvalue weighted by Gasteiger charge is -2.16. The molecule has 0 radical (unpaired) electrons. The van der Waals surface area contributed by atoms with E-state index in [0.29, 0.717) is 13.0 Å². The van der Waals surface area contributed by atoms with E-state index in [2.05, 4.69) is 0 Å². The Morgan fingerprint density at radius 2 is 2.14 bits per heavy atom. The van der Waals surface area contributed by atoms with Crippen molar-refractivity contribution in [1.29, 1.82) is 0 Å². The minimum atomic E-state index is -0.753. The standard InChI is InChI=1S/C10H18O4/c1-3-9(12)8(6-5-7-11)10(13)14-4-2/h5-6,8-9,11-12H,3-4,7H2,1-2H3/b6-5+/t8-,9+/m1/s1. The predicted octanol–water partition coefficient (Wildman–Crippen LogP) is 0.485. The average Bonchev–Trinajstić information content (AvgIpc) is 2.18. The van der Waals surface area contributed by atoms with Crippen LogP contribution in [0.3, 0.4) is 0 Å². The number of esters is 1. The van der Waals surface area contributed by atoms with Gasteiger partial charge in [0.1, 0.15) is 5.92 Å². The molecule has 14 heavy (non-hydrogen) atoms. The smallest absolute Gasteiger partial charge is 0.315 e. The second-order valence-corrected chi connectivity index (χ2v) is 2.86. The molecule has 0 bridgehead atoms.